The van der Waals surface area contributed by atoms with Gasteiger partial charge in [0.15, 0.2) is 0 Å². The Morgan fingerprint density at radius 2 is 2.08 bits per heavy atom. The van der Waals surface area contributed by atoms with Gasteiger partial charge in [0.05, 0.1) is 17.4 Å². The number of fused-ring (bicyclic) bond motifs is 1. The van der Waals surface area contributed by atoms with Gasteiger partial charge in [-0.3, -0.25) is 14.7 Å². The fraction of sp³-hybridized carbons (Fsp3) is 0.250. The maximum atomic E-state index is 12.8. The molecule has 1 fully saturated rings. The smallest absolute Gasteiger partial charge is 0.247 e. The van der Waals surface area contributed by atoms with Crippen molar-refractivity contribution in [3.63, 3.8) is 0 Å². The van der Waals surface area contributed by atoms with Crippen LogP contribution in [0.2, 0.25) is 0 Å². The Bertz CT molecular complexity index is 961. The predicted molar refractivity (Wildman–Crippen MR) is 99.5 cm³/mol. The lowest BCUT2D eigenvalue weighted by atomic mass is 10.1. The molecule has 1 atom stereocenters. The molecule has 2 aromatic carbocycles. The first-order valence-electron chi connectivity index (χ1n) is 8.70. The predicted octanol–water partition coefficient (Wildman–Crippen LogP) is 3.00. The van der Waals surface area contributed by atoms with Crippen LogP contribution in [0.3, 0.4) is 0 Å². The Hall–Kier alpha value is -3.15. The van der Waals surface area contributed by atoms with E-state index in [2.05, 4.69) is 15.5 Å². The number of aryl methyl sites for hydroxylation is 1. The number of H-pyrrole nitrogens is 1. The van der Waals surface area contributed by atoms with Crippen LogP contribution in [0.5, 0.6) is 0 Å². The minimum absolute atomic E-state index is 0.0190. The Kier molecular flexibility index (Phi) is 4.16. The molecule has 6 nitrogen and oxygen atoms in total. The molecule has 1 aliphatic rings. The lowest BCUT2D eigenvalue weighted by Crippen LogP contribution is -2.41. The molecular weight excluding hydrogens is 328 g/mol. The normalized spacial score (nSPS) is 17.0. The third kappa shape index (κ3) is 3.06. The zero-order valence-corrected chi connectivity index (χ0v) is 14.5. The summed E-state index contributed by atoms with van der Waals surface area (Å²) in [5.74, 6) is -0.143. The number of anilines is 1. The second-order valence-electron chi connectivity index (χ2n) is 6.69. The Morgan fingerprint density at radius 3 is 2.88 bits per heavy atom. The highest BCUT2D eigenvalue weighted by Crippen LogP contribution is 2.25. The van der Waals surface area contributed by atoms with E-state index >= 15 is 0 Å². The number of likely N-dealkylation sites (tertiary alicyclic amines) is 1. The molecule has 1 aromatic heterocycles. The molecule has 1 aliphatic heterocycles. The molecule has 132 valence electrons. The zero-order chi connectivity index (χ0) is 18.1. The largest absolute Gasteiger partial charge is 0.326 e. The van der Waals surface area contributed by atoms with Crippen LogP contribution in [0.4, 0.5) is 5.69 Å². The van der Waals surface area contributed by atoms with Crippen LogP contribution in [0, 0.1) is 6.92 Å². The van der Waals surface area contributed by atoms with Crippen molar-refractivity contribution in [2.24, 2.45) is 0 Å². The lowest BCUT2D eigenvalue weighted by Gasteiger charge is -2.24. The van der Waals surface area contributed by atoms with E-state index in [0.29, 0.717) is 25.1 Å². The molecule has 0 spiro atoms. The van der Waals surface area contributed by atoms with Gasteiger partial charge in [0.1, 0.15) is 6.04 Å². The van der Waals surface area contributed by atoms with E-state index in [1.165, 1.54) is 5.56 Å². The Labute approximate surface area is 151 Å². The fourth-order valence-electron chi connectivity index (χ4n) is 3.38. The minimum atomic E-state index is -0.456. The number of nitrogens with zero attached hydrogens (tertiary/aromatic N) is 2. The molecule has 26 heavy (non-hydrogen) atoms. The molecule has 6 heteroatoms. The minimum Gasteiger partial charge on any atom is -0.326 e. The van der Waals surface area contributed by atoms with Crippen LogP contribution in [0.1, 0.15) is 24.0 Å². The highest BCUT2D eigenvalue weighted by atomic mass is 16.2. The number of rotatable bonds is 4. The van der Waals surface area contributed by atoms with Gasteiger partial charge in [0.2, 0.25) is 11.8 Å². The second kappa shape index (κ2) is 6.63. The highest BCUT2D eigenvalue weighted by molar-refractivity contribution is 6.04. The second-order valence-corrected chi connectivity index (χ2v) is 6.69. The summed E-state index contributed by atoms with van der Waals surface area (Å²) in [6.07, 6.45) is 2.65. The van der Waals surface area contributed by atoms with E-state index < -0.39 is 6.04 Å². The number of nitrogens with one attached hydrogen (secondary N) is 2. The number of hydrogen-bond acceptors (Lipinski definition) is 3. The third-order valence-electron chi connectivity index (χ3n) is 4.84. The van der Waals surface area contributed by atoms with Crippen molar-refractivity contribution in [1.29, 1.82) is 0 Å². The average Bonchev–Trinajstić information content (AvgIpc) is 3.25. The molecule has 0 saturated carbocycles. The van der Waals surface area contributed by atoms with Gasteiger partial charge in [-0.1, -0.05) is 42.0 Å². The van der Waals surface area contributed by atoms with Crippen molar-refractivity contribution in [2.75, 3.05) is 5.32 Å². The summed E-state index contributed by atoms with van der Waals surface area (Å²) in [4.78, 5) is 26.8. The van der Waals surface area contributed by atoms with Crippen molar-refractivity contribution >= 4 is 28.4 Å². The van der Waals surface area contributed by atoms with Gasteiger partial charge in [-0.15, -0.1) is 0 Å². The van der Waals surface area contributed by atoms with Crippen LogP contribution in [0.25, 0.3) is 10.9 Å². The van der Waals surface area contributed by atoms with E-state index in [9.17, 15) is 9.59 Å². The lowest BCUT2D eigenvalue weighted by molar-refractivity contribution is -0.133. The van der Waals surface area contributed by atoms with Gasteiger partial charge in [-0.2, -0.15) is 5.10 Å². The van der Waals surface area contributed by atoms with Crippen LogP contribution in [-0.2, 0) is 16.1 Å². The number of carbonyl (C=O) groups is 2. The number of aromatic amines is 1. The summed E-state index contributed by atoms with van der Waals surface area (Å²) < 4.78 is 0. The van der Waals surface area contributed by atoms with E-state index in [0.717, 1.165) is 16.5 Å². The van der Waals surface area contributed by atoms with E-state index in [1.54, 1.807) is 11.1 Å². The summed E-state index contributed by atoms with van der Waals surface area (Å²) in [5.41, 5.74) is 3.66. The van der Waals surface area contributed by atoms with Crippen molar-refractivity contribution in [1.82, 2.24) is 15.1 Å². The first-order valence-corrected chi connectivity index (χ1v) is 8.70. The highest BCUT2D eigenvalue weighted by Gasteiger charge is 2.36. The van der Waals surface area contributed by atoms with E-state index in [1.807, 2.05) is 49.4 Å². The molecule has 0 radical (unpaired) electrons. The van der Waals surface area contributed by atoms with Gasteiger partial charge in [0.25, 0.3) is 0 Å². The van der Waals surface area contributed by atoms with Crippen LogP contribution in [0.15, 0.2) is 48.7 Å². The van der Waals surface area contributed by atoms with Crippen molar-refractivity contribution in [2.45, 2.75) is 32.4 Å². The summed E-state index contributed by atoms with van der Waals surface area (Å²) in [7, 11) is 0. The summed E-state index contributed by atoms with van der Waals surface area (Å²) >= 11 is 0. The molecule has 0 bridgehead atoms. The molecule has 2 N–H and O–H groups in total. The fourth-order valence-corrected chi connectivity index (χ4v) is 3.38. The maximum Gasteiger partial charge on any atom is 0.247 e. The molecule has 0 unspecified atom stereocenters. The standard InChI is InChI=1S/C20H20N4O2/c1-13-5-7-14(8-6-13)12-24-17(9-10-18(24)25)20(26)22-16-4-2-3-15-11-21-23-19(15)16/h2-8,11,17H,9-10,12H2,1H3,(H,21,23)(H,22,26)/t17-/m0/s1. The Morgan fingerprint density at radius 1 is 1.27 bits per heavy atom. The van der Waals surface area contributed by atoms with Crippen LogP contribution in [-0.4, -0.2) is 33.0 Å². The molecule has 3 aromatic rings. The number of benzene rings is 2. The third-order valence-corrected chi connectivity index (χ3v) is 4.84. The number of amides is 2. The molecule has 0 aliphatic carbocycles. The van der Waals surface area contributed by atoms with Crippen LogP contribution >= 0.6 is 0 Å². The number of para-hydroxylation sites is 1. The van der Waals surface area contributed by atoms with Gasteiger partial charge >= 0.3 is 0 Å². The Balaban J connectivity index is 1.53. The van der Waals surface area contributed by atoms with Gasteiger partial charge < -0.3 is 10.2 Å². The summed E-state index contributed by atoms with van der Waals surface area (Å²) in [6, 6.07) is 13.2. The van der Waals surface area contributed by atoms with Crippen molar-refractivity contribution in [3.8, 4) is 0 Å². The SMILES string of the molecule is Cc1ccc(CN2C(=O)CC[C@H]2C(=O)Nc2cccc3cn[nH]c23)cc1. The first-order chi connectivity index (χ1) is 12.6. The molecule has 1 saturated heterocycles. The summed E-state index contributed by atoms with van der Waals surface area (Å²) in [5, 5.41) is 10.8. The van der Waals surface area contributed by atoms with E-state index in [-0.39, 0.29) is 11.8 Å². The van der Waals surface area contributed by atoms with Gasteiger partial charge in [0, 0.05) is 18.4 Å². The molecular formula is C20H20N4O2. The first kappa shape index (κ1) is 16.3. The number of carbonyl (C=O) groups excluding carboxylic acids is 2. The molecule has 4 rings (SSSR count). The van der Waals surface area contributed by atoms with Gasteiger partial charge in [-0.05, 0) is 25.0 Å². The monoisotopic (exact) mass is 348 g/mol. The van der Waals surface area contributed by atoms with Gasteiger partial charge in [-0.25, -0.2) is 0 Å². The van der Waals surface area contributed by atoms with Crippen LogP contribution < -0.4 is 5.32 Å². The average molecular weight is 348 g/mol. The maximum absolute atomic E-state index is 12.8. The van der Waals surface area contributed by atoms with Crippen molar-refractivity contribution in [3.05, 3.63) is 59.8 Å². The zero-order valence-electron chi connectivity index (χ0n) is 14.5. The number of aromatic nitrogens is 2. The van der Waals surface area contributed by atoms with Crippen molar-refractivity contribution < 1.29 is 9.59 Å². The quantitative estimate of drug-likeness (QED) is 0.761. The molecule has 2 heterocycles. The number of hydrogen-bond donors (Lipinski definition) is 2. The molecule has 2 amide bonds. The summed E-state index contributed by atoms with van der Waals surface area (Å²) in [6.45, 7) is 2.47. The topological polar surface area (TPSA) is 78.1 Å². The van der Waals surface area contributed by atoms with E-state index in [4.69, 9.17) is 0 Å².